The summed E-state index contributed by atoms with van der Waals surface area (Å²) < 4.78 is 8.11. The minimum absolute atomic E-state index is 0.885. The summed E-state index contributed by atoms with van der Waals surface area (Å²) in [5.41, 5.74) is 0. The summed E-state index contributed by atoms with van der Waals surface area (Å²) in [5, 5.41) is 0. The lowest BCUT2D eigenvalue weighted by atomic mass is 10.4. The van der Waals surface area contributed by atoms with Crippen LogP contribution in [-0.4, -0.2) is 10.3 Å². The average Bonchev–Trinajstić information content (AvgIpc) is 1.61. The molecule has 0 aromatic rings. The molecule has 1 N–H and O–H groups in total. The fraction of sp³-hybridized carbons (Fsp3) is 1.00. The number of rotatable bonds is 3. The highest BCUT2D eigenvalue weighted by Crippen LogP contribution is 1.95. The van der Waals surface area contributed by atoms with E-state index >= 15 is 0 Å². The second-order valence-corrected chi connectivity index (χ2v) is 1.85. The van der Waals surface area contributed by atoms with E-state index in [1.54, 1.807) is 0 Å². The molecule has 0 aliphatic carbocycles. The zero-order valence-electron chi connectivity index (χ0n) is 3.98. The van der Waals surface area contributed by atoms with Crippen LogP contribution in [0.3, 0.4) is 0 Å². The third-order valence-corrected chi connectivity index (χ3v) is 1.06. The van der Waals surface area contributed by atoms with Gasteiger partial charge in [0.05, 0.1) is 0 Å². The van der Waals surface area contributed by atoms with Gasteiger partial charge in [-0.15, -0.1) is 0 Å². The first-order chi connectivity index (χ1) is 2.91. The van der Waals surface area contributed by atoms with Crippen LogP contribution in [0.25, 0.3) is 0 Å². The van der Waals surface area contributed by atoms with Gasteiger partial charge in [0, 0.05) is 5.75 Å². The lowest BCUT2D eigenvalue weighted by Gasteiger charge is -1.84. The summed E-state index contributed by atoms with van der Waals surface area (Å²) in [6, 6.07) is 0. The molecule has 2 heteroatoms. The molecule has 0 atom stereocenters. The van der Waals surface area contributed by atoms with Gasteiger partial charge in [0.1, 0.15) is 0 Å². The van der Waals surface area contributed by atoms with Crippen LogP contribution in [0.15, 0.2) is 0 Å². The quantitative estimate of drug-likeness (QED) is 0.438. The van der Waals surface area contributed by atoms with E-state index < -0.39 is 0 Å². The first kappa shape index (κ1) is 6.31. The van der Waals surface area contributed by atoms with Crippen LogP contribution in [0.2, 0.25) is 0 Å². The van der Waals surface area contributed by atoms with E-state index in [0.29, 0.717) is 0 Å². The second kappa shape index (κ2) is 5.31. The standard InChI is InChI=1S/C4H10OS/c1-2-3-4-6-5/h5H,2-4H2,1H3. The Bertz CT molecular complexity index is 19.5. The molecular formula is C4H10OS. The largest absolute Gasteiger partial charge is 0.330 e. The van der Waals surface area contributed by atoms with Gasteiger partial charge in [-0.2, -0.15) is 0 Å². The zero-order chi connectivity index (χ0) is 4.83. The van der Waals surface area contributed by atoms with Gasteiger partial charge in [-0.05, 0) is 18.5 Å². The molecule has 0 aliphatic heterocycles. The topological polar surface area (TPSA) is 20.2 Å². The molecule has 0 saturated heterocycles. The van der Waals surface area contributed by atoms with Crippen LogP contribution in [0, 0.1) is 0 Å². The molecule has 0 unspecified atom stereocenters. The summed E-state index contributed by atoms with van der Waals surface area (Å²) >= 11 is 0.926. The molecule has 0 amide bonds. The van der Waals surface area contributed by atoms with Gasteiger partial charge in [-0.1, -0.05) is 13.3 Å². The molecule has 0 spiro atoms. The molecule has 1 nitrogen and oxygen atoms in total. The molecule has 0 aromatic carbocycles. The minimum atomic E-state index is 0.885. The van der Waals surface area contributed by atoms with Crippen molar-refractivity contribution in [2.75, 3.05) is 5.75 Å². The van der Waals surface area contributed by atoms with Crippen molar-refractivity contribution in [1.29, 1.82) is 0 Å². The maximum Gasteiger partial charge on any atom is 0.0195 e. The van der Waals surface area contributed by atoms with Gasteiger partial charge < -0.3 is 4.55 Å². The molecule has 0 aliphatic rings. The Morgan fingerprint density at radius 3 is 2.50 bits per heavy atom. The maximum absolute atomic E-state index is 8.11. The number of hydrogen-bond acceptors (Lipinski definition) is 2. The van der Waals surface area contributed by atoms with Gasteiger partial charge in [-0.3, -0.25) is 0 Å². The molecule has 0 fully saturated rings. The summed E-state index contributed by atoms with van der Waals surface area (Å²) in [7, 11) is 0. The van der Waals surface area contributed by atoms with Gasteiger partial charge in [-0.25, -0.2) is 0 Å². The normalized spacial score (nSPS) is 9.00. The highest BCUT2D eigenvalue weighted by Gasteiger charge is 1.77. The number of hydrogen-bond donors (Lipinski definition) is 1. The van der Waals surface area contributed by atoms with Crippen molar-refractivity contribution in [2.45, 2.75) is 19.8 Å². The molecule has 38 valence electrons. The van der Waals surface area contributed by atoms with Crippen molar-refractivity contribution in [3.63, 3.8) is 0 Å². The Labute approximate surface area is 43.0 Å². The molecule has 0 rings (SSSR count). The van der Waals surface area contributed by atoms with Crippen LogP contribution in [0.4, 0.5) is 0 Å². The monoisotopic (exact) mass is 106 g/mol. The molecule has 0 radical (unpaired) electrons. The summed E-state index contributed by atoms with van der Waals surface area (Å²) in [4.78, 5) is 0. The number of unbranched alkanes of at least 4 members (excludes halogenated alkanes) is 1. The molecule has 0 bridgehead atoms. The van der Waals surface area contributed by atoms with Crippen LogP contribution in [0.1, 0.15) is 19.8 Å². The molecule has 0 saturated carbocycles. The van der Waals surface area contributed by atoms with Crippen LogP contribution >= 0.6 is 12.0 Å². The van der Waals surface area contributed by atoms with Crippen molar-refractivity contribution in [1.82, 2.24) is 0 Å². The summed E-state index contributed by atoms with van der Waals surface area (Å²) in [6.45, 7) is 2.11. The lowest BCUT2D eigenvalue weighted by molar-refractivity contribution is 0.659. The van der Waals surface area contributed by atoms with Gasteiger partial charge in [0.2, 0.25) is 0 Å². The molecule has 0 aromatic heterocycles. The van der Waals surface area contributed by atoms with E-state index in [2.05, 4.69) is 6.92 Å². The zero-order valence-corrected chi connectivity index (χ0v) is 4.79. The van der Waals surface area contributed by atoms with E-state index in [0.717, 1.165) is 24.2 Å². The van der Waals surface area contributed by atoms with Crippen molar-refractivity contribution in [3.8, 4) is 0 Å². The van der Waals surface area contributed by atoms with Crippen LogP contribution in [0.5, 0.6) is 0 Å². The smallest absolute Gasteiger partial charge is 0.0195 e. The third kappa shape index (κ3) is 4.31. The minimum Gasteiger partial charge on any atom is -0.330 e. The van der Waals surface area contributed by atoms with Crippen molar-refractivity contribution >= 4 is 12.0 Å². The van der Waals surface area contributed by atoms with Crippen molar-refractivity contribution in [2.24, 2.45) is 0 Å². The second-order valence-electron chi connectivity index (χ2n) is 1.19. The SMILES string of the molecule is CCCCSO. The van der Waals surface area contributed by atoms with Gasteiger partial charge in [0.25, 0.3) is 0 Å². The maximum atomic E-state index is 8.11. The summed E-state index contributed by atoms with van der Waals surface area (Å²) in [5.74, 6) is 0.885. The van der Waals surface area contributed by atoms with E-state index in [9.17, 15) is 0 Å². The fourth-order valence-electron chi connectivity index (χ4n) is 0.209. The van der Waals surface area contributed by atoms with Crippen molar-refractivity contribution < 1.29 is 4.55 Å². The highest BCUT2D eigenvalue weighted by molar-refractivity contribution is 7.93. The fourth-order valence-corrected chi connectivity index (χ4v) is 0.627. The van der Waals surface area contributed by atoms with E-state index in [1.165, 1.54) is 6.42 Å². The predicted octanol–water partition coefficient (Wildman–Crippen LogP) is 1.99. The van der Waals surface area contributed by atoms with Crippen molar-refractivity contribution in [3.05, 3.63) is 0 Å². The Kier molecular flexibility index (Phi) is 5.58. The van der Waals surface area contributed by atoms with E-state index in [1.807, 2.05) is 0 Å². The van der Waals surface area contributed by atoms with E-state index in [4.69, 9.17) is 4.55 Å². The van der Waals surface area contributed by atoms with E-state index in [-0.39, 0.29) is 0 Å². The molecular weight excluding hydrogens is 96.1 g/mol. The predicted molar refractivity (Wildman–Crippen MR) is 30.0 cm³/mol. The van der Waals surface area contributed by atoms with Gasteiger partial charge in [0.15, 0.2) is 0 Å². The Morgan fingerprint density at radius 2 is 2.33 bits per heavy atom. The Balaban J connectivity index is 2.34. The first-order valence-electron chi connectivity index (χ1n) is 2.18. The lowest BCUT2D eigenvalue weighted by Crippen LogP contribution is -1.71. The average molecular weight is 106 g/mol. The van der Waals surface area contributed by atoms with Gasteiger partial charge >= 0.3 is 0 Å². The van der Waals surface area contributed by atoms with Crippen LogP contribution in [-0.2, 0) is 0 Å². The third-order valence-electron chi connectivity index (χ3n) is 0.589. The molecule has 6 heavy (non-hydrogen) atoms. The summed E-state index contributed by atoms with van der Waals surface area (Å²) in [6.07, 6.45) is 2.30. The highest BCUT2D eigenvalue weighted by atomic mass is 32.2. The Hall–Kier alpha value is 0.310. The molecule has 0 heterocycles. The van der Waals surface area contributed by atoms with Crippen LogP contribution < -0.4 is 0 Å². The first-order valence-corrected chi connectivity index (χ1v) is 3.12. The Morgan fingerprint density at radius 1 is 1.67 bits per heavy atom.